The molecule has 3 N–H and O–H groups in total. The zero-order chi connectivity index (χ0) is 15.6. The van der Waals surface area contributed by atoms with Gasteiger partial charge in [-0.05, 0) is 41.7 Å². The van der Waals surface area contributed by atoms with Crippen molar-refractivity contribution >= 4 is 0 Å². The number of hydrogen-bond acceptors (Lipinski definition) is 3. The lowest BCUT2D eigenvalue weighted by Gasteiger charge is -2.31. The van der Waals surface area contributed by atoms with Crippen molar-refractivity contribution in [1.82, 2.24) is 5.32 Å². The molecule has 4 heteroatoms. The summed E-state index contributed by atoms with van der Waals surface area (Å²) in [4.78, 5) is 0. The van der Waals surface area contributed by atoms with Crippen molar-refractivity contribution in [1.29, 1.82) is 0 Å². The van der Waals surface area contributed by atoms with Crippen LogP contribution in [0.4, 0.5) is 4.39 Å². The van der Waals surface area contributed by atoms with Gasteiger partial charge >= 0.3 is 0 Å². The van der Waals surface area contributed by atoms with E-state index in [-0.39, 0.29) is 12.4 Å². The maximum atomic E-state index is 12.9. The van der Waals surface area contributed by atoms with Crippen LogP contribution in [0.5, 0.6) is 0 Å². The van der Waals surface area contributed by atoms with Crippen LogP contribution in [0, 0.1) is 5.82 Å². The molecular formula is C18H20FNO2. The number of nitrogens with one attached hydrogen (secondary N) is 1. The van der Waals surface area contributed by atoms with Crippen LogP contribution in [0.15, 0.2) is 48.5 Å². The molecule has 0 heterocycles. The second-order valence-corrected chi connectivity index (χ2v) is 5.85. The molecule has 3 nitrogen and oxygen atoms in total. The summed E-state index contributed by atoms with van der Waals surface area (Å²) < 4.78 is 12.9. The molecule has 2 unspecified atom stereocenters. The lowest BCUT2D eigenvalue weighted by atomic mass is 9.92. The van der Waals surface area contributed by atoms with Gasteiger partial charge < -0.3 is 15.5 Å². The highest BCUT2D eigenvalue weighted by atomic mass is 19.1. The van der Waals surface area contributed by atoms with Crippen molar-refractivity contribution in [3.8, 4) is 0 Å². The maximum Gasteiger partial charge on any atom is 0.123 e. The second kappa shape index (κ2) is 6.16. The molecule has 0 aliphatic heterocycles. The number of benzene rings is 2. The fourth-order valence-corrected chi connectivity index (χ4v) is 3.19. The van der Waals surface area contributed by atoms with E-state index in [9.17, 15) is 14.6 Å². The summed E-state index contributed by atoms with van der Waals surface area (Å²) in [6.07, 6.45) is 0.979. The minimum atomic E-state index is -0.739. The van der Waals surface area contributed by atoms with Gasteiger partial charge in [0.15, 0.2) is 0 Å². The molecule has 0 bridgehead atoms. The first kappa shape index (κ1) is 15.2. The average Bonchev–Trinajstić information content (AvgIpc) is 2.93. The topological polar surface area (TPSA) is 52.5 Å². The van der Waals surface area contributed by atoms with Crippen LogP contribution in [0.25, 0.3) is 0 Å². The van der Waals surface area contributed by atoms with Gasteiger partial charge in [-0.3, -0.25) is 0 Å². The Morgan fingerprint density at radius 2 is 1.86 bits per heavy atom. The van der Waals surface area contributed by atoms with Crippen LogP contribution in [0.3, 0.4) is 0 Å². The number of aryl methyl sites for hydroxylation is 1. The first-order valence-corrected chi connectivity index (χ1v) is 7.52. The zero-order valence-corrected chi connectivity index (χ0v) is 12.3. The minimum absolute atomic E-state index is 0.0137. The molecule has 2 atom stereocenters. The van der Waals surface area contributed by atoms with E-state index in [2.05, 4.69) is 11.4 Å². The summed E-state index contributed by atoms with van der Waals surface area (Å²) >= 11 is 0. The zero-order valence-electron chi connectivity index (χ0n) is 12.3. The molecule has 0 amide bonds. The van der Waals surface area contributed by atoms with Gasteiger partial charge in [-0.1, -0.05) is 36.4 Å². The Hall–Kier alpha value is -1.75. The summed E-state index contributed by atoms with van der Waals surface area (Å²) in [5, 5.41) is 23.5. The lowest BCUT2D eigenvalue weighted by molar-refractivity contribution is 0.119. The first-order chi connectivity index (χ1) is 10.6. The summed E-state index contributed by atoms with van der Waals surface area (Å²) in [6, 6.07) is 13.9. The monoisotopic (exact) mass is 301 g/mol. The van der Waals surface area contributed by atoms with Crippen LogP contribution < -0.4 is 5.32 Å². The normalized spacial score (nSPS) is 21.6. The largest absolute Gasteiger partial charge is 0.394 e. The number of halogens is 1. The van der Waals surface area contributed by atoms with Gasteiger partial charge in [-0.2, -0.15) is 0 Å². The van der Waals surface area contributed by atoms with Crippen LogP contribution in [-0.4, -0.2) is 23.4 Å². The number of hydrogen-bond donors (Lipinski definition) is 3. The summed E-state index contributed by atoms with van der Waals surface area (Å²) in [7, 11) is 0. The van der Waals surface area contributed by atoms with E-state index in [4.69, 9.17) is 0 Å². The molecule has 3 rings (SSSR count). The van der Waals surface area contributed by atoms with Crippen LogP contribution in [-0.2, 0) is 12.0 Å². The van der Waals surface area contributed by atoms with Crippen molar-refractivity contribution in [2.24, 2.45) is 0 Å². The molecule has 1 aliphatic carbocycles. The molecule has 1 aliphatic rings. The second-order valence-electron chi connectivity index (χ2n) is 5.85. The van der Waals surface area contributed by atoms with Crippen molar-refractivity contribution < 1.29 is 14.6 Å². The van der Waals surface area contributed by atoms with Gasteiger partial charge in [0.2, 0.25) is 0 Å². The third-order valence-corrected chi connectivity index (χ3v) is 4.51. The molecule has 0 fully saturated rings. The van der Waals surface area contributed by atoms with Gasteiger partial charge in [0.25, 0.3) is 0 Å². The van der Waals surface area contributed by atoms with Crippen LogP contribution in [0.1, 0.15) is 29.2 Å². The Morgan fingerprint density at radius 3 is 2.59 bits per heavy atom. The minimum Gasteiger partial charge on any atom is -0.394 e. The Morgan fingerprint density at radius 1 is 1.14 bits per heavy atom. The molecular weight excluding hydrogens is 281 g/mol. The highest BCUT2D eigenvalue weighted by Crippen LogP contribution is 2.36. The molecule has 0 radical (unpaired) electrons. The van der Waals surface area contributed by atoms with Gasteiger partial charge in [0, 0.05) is 6.54 Å². The number of fused-ring (bicyclic) bond motifs is 1. The fraction of sp³-hybridized carbons (Fsp3) is 0.333. The van der Waals surface area contributed by atoms with E-state index in [0.717, 1.165) is 18.4 Å². The first-order valence-electron chi connectivity index (χ1n) is 7.52. The Labute approximate surface area is 129 Å². The Kier molecular flexibility index (Phi) is 4.25. The molecule has 0 saturated carbocycles. The third-order valence-electron chi connectivity index (χ3n) is 4.51. The number of aliphatic hydroxyl groups excluding tert-OH is 2. The van der Waals surface area contributed by atoms with E-state index in [0.29, 0.717) is 12.1 Å². The summed E-state index contributed by atoms with van der Waals surface area (Å²) in [6.45, 7) is 0.292. The predicted octanol–water partition coefficient (Wildman–Crippen LogP) is 2.28. The number of aliphatic hydroxyl groups is 2. The van der Waals surface area contributed by atoms with Gasteiger partial charge in [-0.25, -0.2) is 4.39 Å². The van der Waals surface area contributed by atoms with E-state index in [1.807, 2.05) is 18.2 Å². The average molecular weight is 301 g/mol. The van der Waals surface area contributed by atoms with Gasteiger partial charge in [0.05, 0.1) is 18.2 Å². The van der Waals surface area contributed by atoms with Crippen molar-refractivity contribution in [3.05, 3.63) is 71.0 Å². The van der Waals surface area contributed by atoms with E-state index in [1.165, 1.54) is 17.7 Å². The van der Waals surface area contributed by atoms with Crippen LogP contribution >= 0.6 is 0 Å². The van der Waals surface area contributed by atoms with E-state index in [1.54, 1.807) is 12.1 Å². The van der Waals surface area contributed by atoms with Gasteiger partial charge in [0.1, 0.15) is 5.82 Å². The molecule has 0 aromatic heterocycles. The van der Waals surface area contributed by atoms with Crippen molar-refractivity contribution in [2.45, 2.75) is 24.5 Å². The van der Waals surface area contributed by atoms with E-state index < -0.39 is 11.6 Å². The standard InChI is InChI=1S/C18H20FNO2/c19-15-7-5-14(6-8-15)17(22)11-20-18(12-21)10-9-13-3-1-2-4-16(13)18/h1-8,17,20-22H,9-12H2. The Bertz CT molecular complexity index is 644. The molecule has 0 saturated heterocycles. The van der Waals surface area contributed by atoms with E-state index >= 15 is 0 Å². The summed E-state index contributed by atoms with van der Waals surface area (Å²) in [5.41, 5.74) is 2.50. The highest BCUT2D eigenvalue weighted by molar-refractivity contribution is 5.39. The van der Waals surface area contributed by atoms with Crippen molar-refractivity contribution in [3.63, 3.8) is 0 Å². The maximum absolute atomic E-state index is 12.9. The van der Waals surface area contributed by atoms with Crippen LogP contribution in [0.2, 0.25) is 0 Å². The molecule has 0 spiro atoms. The van der Waals surface area contributed by atoms with Crippen molar-refractivity contribution in [2.75, 3.05) is 13.2 Å². The molecule has 2 aromatic rings. The smallest absolute Gasteiger partial charge is 0.123 e. The predicted molar refractivity (Wildman–Crippen MR) is 82.9 cm³/mol. The number of rotatable bonds is 5. The molecule has 22 heavy (non-hydrogen) atoms. The lowest BCUT2D eigenvalue weighted by Crippen LogP contribution is -2.45. The SMILES string of the molecule is OCC1(NCC(O)c2ccc(F)cc2)CCc2ccccc21. The Balaban J connectivity index is 1.73. The van der Waals surface area contributed by atoms with Gasteiger partial charge in [-0.15, -0.1) is 0 Å². The fourth-order valence-electron chi connectivity index (χ4n) is 3.19. The highest BCUT2D eigenvalue weighted by Gasteiger charge is 2.37. The quantitative estimate of drug-likeness (QED) is 0.794. The third kappa shape index (κ3) is 2.77. The molecule has 116 valence electrons. The molecule has 2 aromatic carbocycles. The summed E-state index contributed by atoms with van der Waals surface area (Å²) in [5.74, 6) is -0.319.